The molecule has 0 aliphatic heterocycles. The summed E-state index contributed by atoms with van der Waals surface area (Å²) in [5, 5.41) is 4.17. The summed E-state index contributed by atoms with van der Waals surface area (Å²) in [5.74, 6) is -0.315. The van der Waals surface area contributed by atoms with E-state index in [4.69, 9.17) is 23.2 Å². The lowest BCUT2D eigenvalue weighted by molar-refractivity contribution is 0.534. The van der Waals surface area contributed by atoms with Gasteiger partial charge in [-0.15, -0.1) is 0 Å². The minimum Gasteiger partial charge on any atom is -0.313 e. The molecule has 0 saturated heterocycles. The van der Waals surface area contributed by atoms with Gasteiger partial charge in [0.15, 0.2) is 0 Å². The van der Waals surface area contributed by atoms with Crippen molar-refractivity contribution < 1.29 is 4.39 Å². The summed E-state index contributed by atoms with van der Waals surface area (Å²) < 4.78 is 14.9. The van der Waals surface area contributed by atoms with Crippen LogP contribution in [0.1, 0.15) is 17.2 Å². The number of hydrogen-bond acceptors (Lipinski definition) is 1. The standard InChI is InChI=1S/C15H13BrCl2FN/c1-20-15(12-5-4-11(17)8-14(12)19)6-9-2-3-10(16)7-13(9)18/h2-5,7-8,15,20H,6H2,1H3. The zero-order valence-electron chi connectivity index (χ0n) is 10.8. The van der Waals surface area contributed by atoms with Crippen LogP contribution >= 0.6 is 39.1 Å². The van der Waals surface area contributed by atoms with Gasteiger partial charge in [-0.3, -0.25) is 0 Å². The highest BCUT2D eigenvalue weighted by Gasteiger charge is 2.16. The third kappa shape index (κ3) is 3.73. The van der Waals surface area contributed by atoms with E-state index in [1.807, 2.05) is 18.2 Å². The summed E-state index contributed by atoms with van der Waals surface area (Å²) in [6.45, 7) is 0. The molecule has 0 heterocycles. The van der Waals surface area contributed by atoms with Crippen LogP contribution in [0.15, 0.2) is 40.9 Å². The van der Waals surface area contributed by atoms with Gasteiger partial charge in [-0.2, -0.15) is 0 Å². The minimum atomic E-state index is -0.315. The fourth-order valence-corrected chi connectivity index (χ4v) is 2.97. The van der Waals surface area contributed by atoms with Gasteiger partial charge in [0.05, 0.1) is 0 Å². The molecule has 0 aliphatic carbocycles. The van der Waals surface area contributed by atoms with Crippen molar-refractivity contribution >= 4 is 39.1 Å². The maximum Gasteiger partial charge on any atom is 0.129 e. The lowest BCUT2D eigenvalue weighted by atomic mass is 9.98. The Morgan fingerprint density at radius 1 is 1.20 bits per heavy atom. The molecule has 0 aromatic heterocycles. The number of nitrogens with one attached hydrogen (secondary N) is 1. The monoisotopic (exact) mass is 375 g/mol. The SMILES string of the molecule is CNC(Cc1ccc(Br)cc1Cl)c1ccc(Cl)cc1F. The Bertz CT molecular complexity index is 619. The highest BCUT2D eigenvalue weighted by atomic mass is 79.9. The molecule has 0 radical (unpaired) electrons. The third-order valence-corrected chi connectivity index (χ3v) is 4.21. The average Bonchev–Trinajstić information content (AvgIpc) is 2.39. The Hall–Kier alpha value is -0.610. The van der Waals surface area contributed by atoms with Crippen LogP contribution in [0.4, 0.5) is 4.39 Å². The largest absolute Gasteiger partial charge is 0.313 e. The maximum atomic E-state index is 14.0. The van der Waals surface area contributed by atoms with E-state index in [0.29, 0.717) is 22.0 Å². The number of benzene rings is 2. The molecule has 106 valence electrons. The highest BCUT2D eigenvalue weighted by molar-refractivity contribution is 9.10. The summed E-state index contributed by atoms with van der Waals surface area (Å²) in [6.07, 6.45) is 0.598. The van der Waals surface area contributed by atoms with E-state index in [-0.39, 0.29) is 11.9 Å². The lowest BCUT2D eigenvalue weighted by Gasteiger charge is -2.18. The van der Waals surface area contributed by atoms with Crippen molar-refractivity contribution in [3.63, 3.8) is 0 Å². The summed E-state index contributed by atoms with van der Waals surface area (Å²) in [4.78, 5) is 0. The van der Waals surface area contributed by atoms with Crippen molar-refractivity contribution in [1.29, 1.82) is 0 Å². The number of rotatable bonds is 4. The van der Waals surface area contributed by atoms with Crippen molar-refractivity contribution in [3.8, 4) is 0 Å². The summed E-state index contributed by atoms with van der Waals surface area (Å²) >= 11 is 15.4. The van der Waals surface area contributed by atoms with Crippen LogP contribution in [0, 0.1) is 5.82 Å². The van der Waals surface area contributed by atoms with Crippen LogP contribution in [0.25, 0.3) is 0 Å². The maximum absolute atomic E-state index is 14.0. The fourth-order valence-electron chi connectivity index (χ4n) is 2.06. The van der Waals surface area contributed by atoms with E-state index in [1.54, 1.807) is 19.2 Å². The molecule has 20 heavy (non-hydrogen) atoms. The van der Waals surface area contributed by atoms with Gasteiger partial charge in [-0.25, -0.2) is 4.39 Å². The van der Waals surface area contributed by atoms with Crippen LogP contribution in [-0.4, -0.2) is 7.05 Å². The summed E-state index contributed by atoms with van der Waals surface area (Å²) in [6, 6.07) is 10.2. The highest BCUT2D eigenvalue weighted by Crippen LogP contribution is 2.28. The van der Waals surface area contributed by atoms with Gasteiger partial charge in [0, 0.05) is 26.1 Å². The number of likely N-dealkylation sites (N-methyl/N-ethyl adjacent to an activating group) is 1. The molecule has 2 aromatic carbocycles. The predicted molar refractivity (Wildman–Crippen MR) is 86.1 cm³/mol. The van der Waals surface area contributed by atoms with Crippen LogP contribution in [-0.2, 0) is 6.42 Å². The number of hydrogen-bond donors (Lipinski definition) is 1. The third-order valence-electron chi connectivity index (χ3n) is 3.13. The van der Waals surface area contributed by atoms with Gasteiger partial charge in [0.2, 0.25) is 0 Å². The van der Waals surface area contributed by atoms with E-state index in [1.165, 1.54) is 6.07 Å². The van der Waals surface area contributed by atoms with Gasteiger partial charge >= 0.3 is 0 Å². The van der Waals surface area contributed by atoms with Crippen molar-refractivity contribution in [2.75, 3.05) is 7.05 Å². The Morgan fingerprint density at radius 2 is 1.95 bits per heavy atom. The van der Waals surface area contributed by atoms with E-state index in [2.05, 4.69) is 21.2 Å². The molecular formula is C15H13BrCl2FN. The molecule has 1 unspecified atom stereocenters. The molecule has 1 N–H and O–H groups in total. The van der Waals surface area contributed by atoms with Gasteiger partial charge in [0.25, 0.3) is 0 Å². The van der Waals surface area contributed by atoms with Crippen molar-refractivity contribution in [1.82, 2.24) is 5.32 Å². The Balaban J connectivity index is 2.28. The summed E-state index contributed by atoms with van der Waals surface area (Å²) in [5.41, 5.74) is 1.54. The van der Waals surface area contributed by atoms with E-state index in [9.17, 15) is 4.39 Å². The molecule has 1 nitrogen and oxygen atoms in total. The molecular weight excluding hydrogens is 364 g/mol. The van der Waals surface area contributed by atoms with Gasteiger partial charge in [-0.1, -0.05) is 51.3 Å². The van der Waals surface area contributed by atoms with Crippen LogP contribution in [0.3, 0.4) is 0 Å². The van der Waals surface area contributed by atoms with Gasteiger partial charge < -0.3 is 5.32 Å². The predicted octanol–water partition coefficient (Wildman–Crippen LogP) is 5.40. The normalized spacial score (nSPS) is 12.4. The first-order valence-electron chi connectivity index (χ1n) is 6.07. The average molecular weight is 377 g/mol. The second-order valence-corrected chi connectivity index (χ2v) is 6.21. The Morgan fingerprint density at radius 3 is 2.55 bits per heavy atom. The number of halogens is 4. The second kappa shape index (κ2) is 6.90. The minimum absolute atomic E-state index is 0.161. The Kier molecular flexibility index (Phi) is 5.44. The molecule has 0 bridgehead atoms. The zero-order valence-corrected chi connectivity index (χ0v) is 13.9. The molecule has 0 amide bonds. The molecule has 1 atom stereocenters. The molecule has 2 aromatic rings. The van der Waals surface area contributed by atoms with Gasteiger partial charge in [-0.05, 0) is 43.3 Å². The summed E-state index contributed by atoms with van der Waals surface area (Å²) in [7, 11) is 1.80. The molecule has 2 rings (SSSR count). The second-order valence-electron chi connectivity index (χ2n) is 4.45. The van der Waals surface area contributed by atoms with Crippen molar-refractivity contribution in [2.24, 2.45) is 0 Å². The first-order valence-corrected chi connectivity index (χ1v) is 7.62. The first kappa shape index (κ1) is 15.8. The van der Waals surface area contributed by atoms with Crippen molar-refractivity contribution in [2.45, 2.75) is 12.5 Å². The smallest absolute Gasteiger partial charge is 0.129 e. The van der Waals surface area contributed by atoms with E-state index < -0.39 is 0 Å². The molecule has 0 spiro atoms. The Labute approximate surface area is 136 Å². The van der Waals surface area contributed by atoms with Gasteiger partial charge in [0.1, 0.15) is 5.82 Å². The van der Waals surface area contributed by atoms with E-state index >= 15 is 0 Å². The molecule has 0 fully saturated rings. The lowest BCUT2D eigenvalue weighted by Crippen LogP contribution is -2.20. The molecule has 0 aliphatic rings. The topological polar surface area (TPSA) is 12.0 Å². The van der Waals surface area contributed by atoms with E-state index in [0.717, 1.165) is 10.0 Å². The quantitative estimate of drug-likeness (QED) is 0.753. The fraction of sp³-hybridized carbons (Fsp3) is 0.200. The van der Waals surface area contributed by atoms with Crippen molar-refractivity contribution in [3.05, 3.63) is 67.9 Å². The van der Waals surface area contributed by atoms with Crippen LogP contribution in [0.2, 0.25) is 10.0 Å². The molecule has 5 heteroatoms. The molecule has 0 saturated carbocycles. The van der Waals surface area contributed by atoms with Crippen LogP contribution < -0.4 is 5.32 Å². The first-order chi connectivity index (χ1) is 9.51. The van der Waals surface area contributed by atoms with Crippen LogP contribution in [0.5, 0.6) is 0 Å². The zero-order chi connectivity index (χ0) is 14.7.